The van der Waals surface area contributed by atoms with Gasteiger partial charge in [-0.1, -0.05) is 388 Å². The Balaban J connectivity index is 0.000000111. The molecule has 145 heavy (non-hydrogen) atoms. The summed E-state index contributed by atoms with van der Waals surface area (Å²) in [6.07, 6.45) is 6.71. The lowest BCUT2D eigenvalue weighted by Gasteiger charge is -2.14. The average molecular weight is 1880 g/mol. The van der Waals surface area contributed by atoms with E-state index in [1.54, 1.807) is 0 Å². The molecule has 0 amide bonds. The lowest BCUT2D eigenvalue weighted by atomic mass is 9.97. The first-order chi connectivity index (χ1) is 71.2. The number of imidazole rings is 4. The number of carbonyl (C=O) groups excluding carboxylic acids is 1. The first-order valence-corrected chi connectivity index (χ1v) is 48.8. The van der Waals surface area contributed by atoms with Gasteiger partial charge in [-0.25, -0.2) is 24.7 Å². The van der Waals surface area contributed by atoms with E-state index in [0.29, 0.717) is 19.0 Å². The minimum atomic E-state index is -0.453. The van der Waals surface area contributed by atoms with Crippen molar-refractivity contribution in [2.75, 3.05) is 13.2 Å². The second kappa shape index (κ2) is 40.0. The molecule has 21 aromatic carbocycles. The third-order valence-corrected chi connectivity index (χ3v) is 27.2. The number of hydrogen-bond donors (Lipinski definition) is 0. The molecule has 0 radical (unpaired) electrons. The molecule has 0 spiro atoms. The Kier molecular flexibility index (Phi) is 25.2. The molecule has 0 fully saturated rings. The van der Waals surface area contributed by atoms with Gasteiger partial charge in [-0.05, 0) is 184 Å². The highest BCUT2D eigenvalue weighted by Crippen LogP contribution is 2.46. The highest BCUT2D eigenvalue weighted by Gasteiger charge is 2.26. The standard InChI is InChI=1S/C38H30N2O.C37H28N2O.C30H22N2.C27H22N2O3/c1-4-27-12-14-28(15-13-27)24-41-31-18-16-30(17-19-31)40-37-33-21-11-26(3)23-35(33)34-22-25(2)10-20-32(34)36(37)39-38(40)29-8-6-5-7-9-29;1-3-26-14-16-27(17-15-26)24-40-30-22-20-29(21-23-30)39-36-34-11-7-5-9-32(34)31-8-4-6-10-33(31)35(36)38-37(39)28-18-12-25(2)13-19-28;1-3-21-14-18-23(19-15-21)32-29-27-11-7-5-9-25(27)24-8-4-6-10-26(24)28(29)31-30(32)22-16-12-20(2)13-17-22;1-3-24(30)32-17-16-31-19-14-12-18(13-15-19)27-28-25-22-10-6-4-8-20(22)21-9-5-7-11-23(21)26(25)29(27)2/h4-23H,1,24H2,2-3H3;3-23H,1,24H2,2H3;3-19H,1H2,2H3;3-15H,1,16-17H2,2H3. The van der Waals surface area contributed by atoms with Crippen molar-refractivity contribution in [2.24, 2.45) is 7.05 Å². The van der Waals surface area contributed by atoms with Crippen LogP contribution in [0.15, 0.2) is 439 Å². The summed E-state index contributed by atoms with van der Waals surface area (Å²) in [6, 6.07) is 142. The zero-order chi connectivity index (χ0) is 98.7. The largest absolute Gasteiger partial charge is 0.490 e. The molecule has 13 heteroatoms. The molecule has 0 aliphatic carbocycles. The molecule has 700 valence electrons. The van der Waals surface area contributed by atoms with Crippen LogP contribution in [0.3, 0.4) is 0 Å². The van der Waals surface area contributed by atoms with Gasteiger partial charge in [0.15, 0.2) is 0 Å². The maximum Gasteiger partial charge on any atom is 0.330 e. The van der Waals surface area contributed by atoms with E-state index in [0.717, 1.165) is 163 Å². The molecule has 0 aliphatic heterocycles. The first kappa shape index (κ1) is 91.5. The maximum atomic E-state index is 11.1. The fraction of sp³-hybridized carbons (Fsp3) is 0.0682. The van der Waals surface area contributed by atoms with Gasteiger partial charge in [0, 0.05) is 95.5 Å². The van der Waals surface area contributed by atoms with Gasteiger partial charge in [-0.15, -0.1) is 0 Å². The Labute approximate surface area is 840 Å². The molecule has 0 saturated carbocycles. The smallest absolute Gasteiger partial charge is 0.330 e. The quantitative estimate of drug-likeness (QED) is 0.0299. The number of esters is 1. The van der Waals surface area contributed by atoms with Crippen LogP contribution in [-0.2, 0) is 29.8 Å². The average Bonchev–Trinajstić information content (AvgIpc) is 1.58. The SMILES string of the molecule is C=CC(=O)OCCOc1ccc(-c2nc3c4ccccc4c4ccccc4c3n2C)cc1.C=Cc1ccc(-n2c(-c3ccc(C)cc3)nc3c4ccccc4c4ccccc4c32)cc1.C=Cc1ccc(COc2ccc(-n3c(-c4ccc(C)cc4)nc4c5ccccc5c5ccccc5c43)cc2)cc1.C=Cc1ccc(COc2ccc(-n3c(-c4ccccc4)nc4c5ccc(C)cc5c5cc(C)ccc5c43)cc2)cc1. The summed E-state index contributed by atoms with van der Waals surface area (Å²) >= 11 is 0. The van der Waals surface area contributed by atoms with E-state index >= 15 is 0 Å². The van der Waals surface area contributed by atoms with E-state index in [1.807, 2.05) is 72.8 Å². The minimum Gasteiger partial charge on any atom is -0.490 e. The lowest BCUT2D eigenvalue weighted by molar-refractivity contribution is -0.138. The molecule has 0 aliphatic rings. The van der Waals surface area contributed by atoms with Gasteiger partial charge < -0.3 is 23.5 Å². The van der Waals surface area contributed by atoms with Crippen LogP contribution in [0.25, 0.3) is 211 Å². The predicted molar refractivity (Wildman–Crippen MR) is 603 cm³/mol. The van der Waals surface area contributed by atoms with Crippen LogP contribution < -0.4 is 14.2 Å². The second-order valence-corrected chi connectivity index (χ2v) is 36.6. The van der Waals surface area contributed by atoms with Gasteiger partial charge in [-0.2, -0.15) is 0 Å². The summed E-state index contributed by atoms with van der Waals surface area (Å²) in [6.45, 7) is 24.9. The molecule has 0 saturated heterocycles. The Bertz CT molecular complexity index is 9290. The van der Waals surface area contributed by atoms with Gasteiger partial charge >= 0.3 is 5.97 Å². The summed E-state index contributed by atoms with van der Waals surface area (Å²) in [4.78, 5) is 32.0. The van der Waals surface area contributed by atoms with Crippen molar-refractivity contribution in [1.29, 1.82) is 0 Å². The fourth-order valence-corrected chi connectivity index (χ4v) is 19.9. The summed E-state index contributed by atoms with van der Waals surface area (Å²) in [5, 5.41) is 19.3. The molecular formula is C132H102N8O5. The van der Waals surface area contributed by atoms with Crippen LogP contribution in [0.5, 0.6) is 17.2 Å². The zero-order valence-electron chi connectivity index (χ0n) is 81.3. The zero-order valence-corrected chi connectivity index (χ0v) is 81.3. The van der Waals surface area contributed by atoms with Crippen LogP contribution in [0, 0.1) is 27.7 Å². The molecular weight excluding hydrogens is 1780 g/mol. The Morgan fingerprint density at radius 3 is 0.931 bits per heavy atom. The van der Waals surface area contributed by atoms with E-state index < -0.39 is 5.97 Å². The van der Waals surface area contributed by atoms with Crippen molar-refractivity contribution < 1.29 is 23.7 Å². The Hall–Kier alpha value is -18.6. The number of fused-ring (bicyclic) bond motifs is 24. The van der Waals surface area contributed by atoms with Gasteiger partial charge in [0.25, 0.3) is 0 Å². The van der Waals surface area contributed by atoms with Crippen molar-refractivity contribution in [3.05, 3.63) is 489 Å². The van der Waals surface area contributed by atoms with E-state index in [1.165, 1.54) is 97.7 Å². The monoisotopic (exact) mass is 1880 g/mol. The van der Waals surface area contributed by atoms with Crippen molar-refractivity contribution in [3.8, 4) is 79.9 Å². The van der Waals surface area contributed by atoms with Gasteiger partial charge in [0.1, 0.15) is 67.0 Å². The number of rotatable bonds is 21. The van der Waals surface area contributed by atoms with E-state index in [9.17, 15) is 4.79 Å². The Morgan fingerprint density at radius 2 is 0.538 bits per heavy atom. The van der Waals surface area contributed by atoms with Gasteiger partial charge in [0.05, 0.1) is 44.1 Å². The number of ether oxygens (including phenoxy) is 4. The number of aryl methyl sites for hydroxylation is 5. The third-order valence-electron chi connectivity index (χ3n) is 27.2. The lowest BCUT2D eigenvalue weighted by Crippen LogP contribution is -2.10. The molecule has 0 bridgehead atoms. The van der Waals surface area contributed by atoms with Crippen molar-refractivity contribution in [2.45, 2.75) is 40.9 Å². The normalized spacial score (nSPS) is 11.3. The highest BCUT2D eigenvalue weighted by molar-refractivity contribution is 6.28. The summed E-state index contributed by atoms with van der Waals surface area (Å²) in [5.41, 5.74) is 26.5. The van der Waals surface area contributed by atoms with E-state index in [-0.39, 0.29) is 13.2 Å². The maximum absolute atomic E-state index is 11.1. The van der Waals surface area contributed by atoms with Crippen LogP contribution in [-0.4, -0.2) is 57.4 Å². The highest BCUT2D eigenvalue weighted by atomic mass is 16.6. The second-order valence-electron chi connectivity index (χ2n) is 36.6. The van der Waals surface area contributed by atoms with E-state index in [4.69, 9.17) is 38.9 Å². The topological polar surface area (TPSA) is 125 Å². The molecule has 4 heterocycles. The molecule has 25 aromatic rings. The van der Waals surface area contributed by atoms with Gasteiger partial charge in [-0.3, -0.25) is 13.7 Å². The predicted octanol–water partition coefficient (Wildman–Crippen LogP) is 33.0. The van der Waals surface area contributed by atoms with Crippen LogP contribution >= 0.6 is 0 Å². The molecule has 25 rings (SSSR count). The summed E-state index contributed by atoms with van der Waals surface area (Å²) < 4.78 is 31.9. The number of benzene rings is 21. The molecule has 0 unspecified atom stereocenters. The van der Waals surface area contributed by atoms with Crippen LogP contribution in [0.1, 0.15) is 50.1 Å². The van der Waals surface area contributed by atoms with Crippen molar-refractivity contribution in [3.63, 3.8) is 0 Å². The van der Waals surface area contributed by atoms with Crippen molar-refractivity contribution >= 4 is 155 Å². The van der Waals surface area contributed by atoms with Crippen LogP contribution in [0.4, 0.5) is 0 Å². The number of aromatic nitrogens is 8. The molecule has 0 atom stereocenters. The molecule has 13 nitrogen and oxygen atoms in total. The minimum absolute atomic E-state index is 0.178. The number of carbonyl (C=O) groups is 1. The third kappa shape index (κ3) is 17.9. The van der Waals surface area contributed by atoms with Crippen LogP contribution in [0.2, 0.25) is 0 Å². The van der Waals surface area contributed by atoms with E-state index in [2.05, 4.69) is 431 Å². The first-order valence-electron chi connectivity index (χ1n) is 48.8. The summed E-state index contributed by atoms with van der Waals surface area (Å²) in [7, 11) is 2.06. The summed E-state index contributed by atoms with van der Waals surface area (Å²) in [5.74, 6) is 5.60. The van der Waals surface area contributed by atoms with Gasteiger partial charge in [0.2, 0.25) is 0 Å². The number of hydrogen-bond acceptors (Lipinski definition) is 9. The molecule has 4 aromatic heterocycles. The fourth-order valence-electron chi connectivity index (χ4n) is 19.9. The van der Waals surface area contributed by atoms with Crippen molar-refractivity contribution in [1.82, 2.24) is 38.2 Å². The number of nitrogens with zero attached hydrogens (tertiary/aromatic N) is 8. The Morgan fingerprint density at radius 1 is 0.262 bits per heavy atom. The molecule has 0 N–H and O–H groups in total.